The summed E-state index contributed by atoms with van der Waals surface area (Å²) < 4.78 is 1.97. The zero-order chi connectivity index (χ0) is 12.5. The summed E-state index contributed by atoms with van der Waals surface area (Å²) in [5.74, 6) is 0.666. The molecule has 0 N–H and O–H groups in total. The first-order valence-corrected chi connectivity index (χ1v) is 6.36. The molecule has 0 unspecified atom stereocenters. The molecule has 92 valence electrons. The summed E-state index contributed by atoms with van der Waals surface area (Å²) in [5, 5.41) is 4.37. The summed E-state index contributed by atoms with van der Waals surface area (Å²) in [5.41, 5.74) is 3.14. The lowest BCUT2D eigenvalue weighted by Gasteiger charge is -2.18. The third-order valence-electron chi connectivity index (χ3n) is 3.50. The van der Waals surface area contributed by atoms with Crippen LogP contribution in [0.4, 0.5) is 0 Å². The highest BCUT2D eigenvalue weighted by Gasteiger charge is 2.26. The number of nitrogens with zero attached hydrogens (tertiary/aromatic N) is 2. The van der Waals surface area contributed by atoms with Gasteiger partial charge in [0, 0.05) is 12.1 Å². The van der Waals surface area contributed by atoms with Crippen LogP contribution in [0.5, 0.6) is 0 Å². The fourth-order valence-corrected chi connectivity index (χ4v) is 2.58. The van der Waals surface area contributed by atoms with Crippen LogP contribution in [0.25, 0.3) is 0 Å². The third kappa shape index (κ3) is 1.96. The van der Waals surface area contributed by atoms with Crippen molar-refractivity contribution >= 4 is 5.78 Å². The fraction of sp³-hybridized carbons (Fsp3) is 0.333. The van der Waals surface area contributed by atoms with Crippen molar-refractivity contribution < 1.29 is 4.79 Å². The van der Waals surface area contributed by atoms with Crippen LogP contribution in [0.3, 0.4) is 0 Å². The number of carbonyl (C=O) groups is 1. The second-order valence-corrected chi connectivity index (χ2v) is 5.08. The van der Waals surface area contributed by atoms with E-state index in [0.717, 1.165) is 24.2 Å². The molecule has 0 fully saturated rings. The lowest BCUT2D eigenvalue weighted by Crippen LogP contribution is -2.20. The molecule has 0 radical (unpaired) electrons. The number of hydrogen-bond acceptors (Lipinski definition) is 2. The van der Waals surface area contributed by atoms with Crippen LogP contribution in [-0.2, 0) is 13.0 Å². The van der Waals surface area contributed by atoms with E-state index < -0.39 is 0 Å². The van der Waals surface area contributed by atoms with Crippen molar-refractivity contribution in [1.29, 1.82) is 0 Å². The smallest absolute Gasteiger partial charge is 0.166 e. The second-order valence-electron chi connectivity index (χ2n) is 5.08. The Balaban J connectivity index is 1.93. The largest absolute Gasteiger partial charge is 0.294 e. The van der Waals surface area contributed by atoms with Gasteiger partial charge in [-0.25, -0.2) is 0 Å². The lowest BCUT2D eigenvalue weighted by atomic mass is 9.88. The van der Waals surface area contributed by atoms with Gasteiger partial charge in [0.15, 0.2) is 5.78 Å². The van der Waals surface area contributed by atoms with Crippen LogP contribution in [0, 0.1) is 5.92 Å². The Morgan fingerprint density at radius 2 is 2.06 bits per heavy atom. The van der Waals surface area contributed by atoms with Crippen molar-refractivity contribution in [1.82, 2.24) is 9.78 Å². The van der Waals surface area contributed by atoms with E-state index in [4.69, 9.17) is 0 Å². The van der Waals surface area contributed by atoms with Crippen molar-refractivity contribution in [3.05, 3.63) is 53.3 Å². The van der Waals surface area contributed by atoms with Crippen LogP contribution < -0.4 is 0 Å². The summed E-state index contributed by atoms with van der Waals surface area (Å²) in [4.78, 5) is 11.9. The van der Waals surface area contributed by atoms with Gasteiger partial charge in [-0.15, -0.1) is 0 Å². The molecule has 1 heterocycles. The maximum Gasteiger partial charge on any atom is 0.166 e. The van der Waals surface area contributed by atoms with Gasteiger partial charge in [-0.05, 0) is 17.9 Å². The molecule has 1 aromatic carbocycles. The minimum Gasteiger partial charge on any atom is -0.294 e. The molecule has 3 heteroatoms. The molecule has 0 amide bonds. The second kappa shape index (κ2) is 4.41. The number of ketones is 1. The van der Waals surface area contributed by atoms with E-state index in [9.17, 15) is 4.79 Å². The summed E-state index contributed by atoms with van der Waals surface area (Å²) >= 11 is 0. The highest BCUT2D eigenvalue weighted by molar-refractivity contribution is 5.98. The van der Waals surface area contributed by atoms with Gasteiger partial charge in [0.25, 0.3) is 0 Å². The predicted octanol–water partition coefficient (Wildman–Crippen LogP) is 2.70. The molecule has 1 aliphatic rings. The summed E-state index contributed by atoms with van der Waals surface area (Å²) in [6, 6.07) is 10.2. The molecule has 0 saturated heterocycles. The predicted molar refractivity (Wildman–Crippen MR) is 69.6 cm³/mol. The molecule has 18 heavy (non-hydrogen) atoms. The minimum atomic E-state index is 0.239. The number of Topliss-reactive ketones (excluding diaryl/α,β-unsaturated/α-hetero) is 1. The maximum absolute atomic E-state index is 11.9. The topological polar surface area (TPSA) is 34.9 Å². The van der Waals surface area contributed by atoms with E-state index in [2.05, 4.69) is 24.2 Å². The van der Waals surface area contributed by atoms with Gasteiger partial charge in [-0.1, -0.05) is 37.3 Å². The monoisotopic (exact) mass is 240 g/mol. The van der Waals surface area contributed by atoms with Gasteiger partial charge < -0.3 is 0 Å². The Kier molecular flexibility index (Phi) is 2.74. The number of benzene rings is 1. The summed E-state index contributed by atoms with van der Waals surface area (Å²) in [6.45, 7) is 2.87. The average Bonchev–Trinajstić information content (AvgIpc) is 2.74. The van der Waals surface area contributed by atoms with E-state index in [1.807, 2.05) is 22.9 Å². The number of rotatable bonds is 2. The van der Waals surface area contributed by atoms with Crippen molar-refractivity contribution in [3.8, 4) is 0 Å². The van der Waals surface area contributed by atoms with Gasteiger partial charge >= 0.3 is 0 Å². The summed E-state index contributed by atoms with van der Waals surface area (Å²) in [6.07, 6.45) is 3.34. The Morgan fingerprint density at radius 1 is 1.28 bits per heavy atom. The molecule has 0 bridgehead atoms. The normalized spacial score (nSPS) is 18.7. The van der Waals surface area contributed by atoms with E-state index >= 15 is 0 Å². The van der Waals surface area contributed by atoms with Crippen molar-refractivity contribution in [2.75, 3.05) is 0 Å². The van der Waals surface area contributed by atoms with Gasteiger partial charge in [-0.2, -0.15) is 5.10 Å². The summed E-state index contributed by atoms with van der Waals surface area (Å²) in [7, 11) is 0. The van der Waals surface area contributed by atoms with Crippen LogP contribution >= 0.6 is 0 Å². The van der Waals surface area contributed by atoms with Crippen LogP contribution in [0.2, 0.25) is 0 Å². The molecule has 3 nitrogen and oxygen atoms in total. The fourth-order valence-electron chi connectivity index (χ4n) is 2.58. The van der Waals surface area contributed by atoms with Crippen molar-refractivity contribution in [2.45, 2.75) is 26.3 Å². The molecule has 2 aromatic rings. The van der Waals surface area contributed by atoms with Crippen molar-refractivity contribution in [2.24, 2.45) is 5.92 Å². The van der Waals surface area contributed by atoms with Gasteiger partial charge in [0.1, 0.15) is 0 Å². The minimum absolute atomic E-state index is 0.239. The SMILES string of the molecule is C[C@H]1CC(=O)c2cnn(Cc3ccccc3)c2C1. The molecule has 0 saturated carbocycles. The first-order valence-electron chi connectivity index (χ1n) is 6.36. The van der Waals surface area contributed by atoms with E-state index in [0.29, 0.717) is 12.3 Å². The highest BCUT2D eigenvalue weighted by atomic mass is 16.1. The van der Waals surface area contributed by atoms with Crippen LogP contribution in [-0.4, -0.2) is 15.6 Å². The standard InChI is InChI=1S/C15H16N2O/c1-11-7-14-13(15(18)8-11)9-16-17(14)10-12-5-3-2-4-6-12/h2-6,9,11H,7-8,10H2,1H3/t11-/m1/s1. The number of fused-ring (bicyclic) bond motifs is 1. The Morgan fingerprint density at radius 3 is 2.83 bits per heavy atom. The number of hydrogen-bond donors (Lipinski definition) is 0. The number of carbonyl (C=O) groups excluding carboxylic acids is 1. The molecular formula is C15H16N2O. The molecule has 0 spiro atoms. The average molecular weight is 240 g/mol. The van der Waals surface area contributed by atoms with E-state index in [-0.39, 0.29) is 5.78 Å². The Hall–Kier alpha value is -1.90. The van der Waals surface area contributed by atoms with E-state index in [1.54, 1.807) is 6.20 Å². The molecule has 0 aliphatic heterocycles. The highest BCUT2D eigenvalue weighted by Crippen LogP contribution is 2.25. The van der Waals surface area contributed by atoms with E-state index in [1.165, 1.54) is 5.56 Å². The first-order chi connectivity index (χ1) is 8.74. The molecular weight excluding hydrogens is 224 g/mol. The van der Waals surface area contributed by atoms with Crippen LogP contribution in [0.15, 0.2) is 36.5 Å². The third-order valence-corrected chi connectivity index (χ3v) is 3.50. The van der Waals surface area contributed by atoms with Gasteiger partial charge in [0.2, 0.25) is 0 Å². The maximum atomic E-state index is 11.9. The Bertz CT molecular complexity index is 571. The van der Waals surface area contributed by atoms with Gasteiger partial charge in [0.05, 0.1) is 18.3 Å². The zero-order valence-electron chi connectivity index (χ0n) is 10.5. The van der Waals surface area contributed by atoms with Crippen LogP contribution in [0.1, 0.15) is 35.0 Å². The lowest BCUT2D eigenvalue weighted by molar-refractivity contribution is 0.0952. The van der Waals surface area contributed by atoms with Gasteiger partial charge in [-0.3, -0.25) is 9.48 Å². The molecule has 1 aromatic heterocycles. The molecule has 3 rings (SSSR count). The molecule has 1 aliphatic carbocycles. The quantitative estimate of drug-likeness (QED) is 0.809. The molecule has 1 atom stereocenters. The number of aromatic nitrogens is 2. The zero-order valence-corrected chi connectivity index (χ0v) is 10.5. The first kappa shape index (κ1) is 11.2. The Labute approximate surface area is 106 Å². The van der Waals surface area contributed by atoms with Crippen molar-refractivity contribution in [3.63, 3.8) is 0 Å².